The number of halogens is 2. The third-order valence-electron chi connectivity index (χ3n) is 5.91. The number of nitrogens with zero attached hydrogens (tertiary/aromatic N) is 3. The number of anilines is 1. The van der Waals surface area contributed by atoms with E-state index < -0.39 is 23.3 Å². The van der Waals surface area contributed by atoms with Crippen LogP contribution in [-0.2, 0) is 12.1 Å². The summed E-state index contributed by atoms with van der Waals surface area (Å²) < 4.78 is 30.2. The largest absolute Gasteiger partial charge is 0.384 e. The van der Waals surface area contributed by atoms with Crippen LogP contribution in [-0.4, -0.2) is 32.4 Å². The van der Waals surface area contributed by atoms with E-state index in [1.54, 1.807) is 43.9 Å². The number of fused-ring (bicyclic) bond motifs is 1. The van der Waals surface area contributed by atoms with Crippen LogP contribution in [0.4, 0.5) is 14.6 Å². The van der Waals surface area contributed by atoms with Gasteiger partial charge in [0.15, 0.2) is 0 Å². The van der Waals surface area contributed by atoms with E-state index in [-0.39, 0.29) is 17.0 Å². The summed E-state index contributed by atoms with van der Waals surface area (Å²) >= 11 is 0. The van der Waals surface area contributed by atoms with E-state index >= 15 is 8.78 Å². The molecular formula is C25H26F2N4O2. The van der Waals surface area contributed by atoms with Gasteiger partial charge in [-0.15, -0.1) is 0 Å². The second kappa shape index (κ2) is 8.51. The minimum absolute atomic E-state index is 0.0602. The quantitative estimate of drug-likeness (QED) is 0.562. The highest BCUT2D eigenvalue weighted by molar-refractivity contribution is 5.99. The van der Waals surface area contributed by atoms with E-state index in [1.165, 1.54) is 18.5 Å². The van der Waals surface area contributed by atoms with Gasteiger partial charge in [-0.25, -0.2) is 13.8 Å². The summed E-state index contributed by atoms with van der Waals surface area (Å²) in [5, 5.41) is 13.3. The summed E-state index contributed by atoms with van der Waals surface area (Å²) in [5.74, 6) is -0.745. The first kappa shape index (κ1) is 22.8. The molecule has 0 bridgehead atoms. The number of benzene rings is 1. The first-order valence-corrected chi connectivity index (χ1v) is 10.8. The molecule has 1 aromatic carbocycles. The summed E-state index contributed by atoms with van der Waals surface area (Å²) in [5.41, 5.74) is 1.13. The lowest BCUT2D eigenvalue weighted by Gasteiger charge is -2.19. The molecule has 0 fully saturated rings. The van der Waals surface area contributed by atoms with Crippen molar-refractivity contribution in [3.8, 4) is 11.1 Å². The van der Waals surface area contributed by atoms with Crippen molar-refractivity contribution in [2.45, 2.75) is 45.9 Å². The maximum absolute atomic E-state index is 15.1. The van der Waals surface area contributed by atoms with Crippen LogP contribution in [0.3, 0.4) is 0 Å². The number of aromatic nitrogens is 2. The maximum Gasteiger partial charge on any atom is 0.254 e. The Morgan fingerprint density at radius 1 is 1.12 bits per heavy atom. The Balaban J connectivity index is 1.64. The highest BCUT2D eigenvalue weighted by Crippen LogP contribution is 2.33. The van der Waals surface area contributed by atoms with Crippen molar-refractivity contribution in [3.63, 3.8) is 0 Å². The van der Waals surface area contributed by atoms with Gasteiger partial charge in [-0.2, -0.15) is 0 Å². The summed E-state index contributed by atoms with van der Waals surface area (Å²) in [6.07, 6.45) is 3.00. The lowest BCUT2D eigenvalue weighted by molar-refractivity contribution is 0.0738. The molecule has 3 heterocycles. The zero-order valence-electron chi connectivity index (χ0n) is 19.0. The number of carbonyl (C=O) groups is 1. The fourth-order valence-electron chi connectivity index (χ4n) is 4.00. The predicted molar refractivity (Wildman–Crippen MR) is 122 cm³/mol. The molecule has 2 N–H and O–H groups in total. The number of hydrogen-bond donors (Lipinski definition) is 2. The minimum atomic E-state index is -1.21. The highest BCUT2D eigenvalue weighted by Gasteiger charge is 2.29. The van der Waals surface area contributed by atoms with Crippen LogP contribution in [0.2, 0.25) is 0 Å². The third kappa shape index (κ3) is 4.30. The van der Waals surface area contributed by atoms with Gasteiger partial charge in [-0.05, 0) is 63.6 Å². The molecule has 172 valence electrons. The standard InChI is InChI=1S/C25H26F2N4O2/c1-5-31-13-19-16(24(31)32)7-9-29-23(19)30-14(2)17-11-21(27)18(12-20(17)26)15-6-8-28-22(10-15)25(3,4)33/h6-12,14,33H,5,13H2,1-4H3,(H,29,30). The first-order chi connectivity index (χ1) is 15.6. The van der Waals surface area contributed by atoms with Gasteiger partial charge in [0.25, 0.3) is 5.91 Å². The second-order valence-electron chi connectivity index (χ2n) is 8.71. The topological polar surface area (TPSA) is 78.3 Å². The minimum Gasteiger partial charge on any atom is -0.384 e. The molecule has 6 nitrogen and oxygen atoms in total. The Morgan fingerprint density at radius 3 is 2.55 bits per heavy atom. The molecule has 8 heteroatoms. The van der Waals surface area contributed by atoms with Crippen molar-refractivity contribution in [2.24, 2.45) is 0 Å². The summed E-state index contributed by atoms with van der Waals surface area (Å²) in [6.45, 7) is 7.77. The van der Waals surface area contributed by atoms with Gasteiger partial charge in [-0.3, -0.25) is 9.78 Å². The van der Waals surface area contributed by atoms with Crippen molar-refractivity contribution in [3.05, 3.63) is 76.7 Å². The van der Waals surface area contributed by atoms with E-state index in [9.17, 15) is 9.90 Å². The summed E-state index contributed by atoms with van der Waals surface area (Å²) in [4.78, 5) is 22.6. The Morgan fingerprint density at radius 2 is 1.85 bits per heavy atom. The molecular weight excluding hydrogens is 426 g/mol. The number of pyridine rings is 2. The van der Waals surface area contributed by atoms with Crippen LogP contribution >= 0.6 is 0 Å². The van der Waals surface area contributed by atoms with E-state index in [1.807, 2.05) is 6.92 Å². The molecule has 0 saturated heterocycles. The number of rotatable bonds is 6. The van der Waals surface area contributed by atoms with Crippen LogP contribution < -0.4 is 5.32 Å². The Kier molecular flexibility index (Phi) is 5.88. The van der Waals surface area contributed by atoms with Crippen molar-refractivity contribution in [1.82, 2.24) is 14.9 Å². The van der Waals surface area contributed by atoms with Crippen LogP contribution in [0.1, 0.15) is 60.9 Å². The Hall–Kier alpha value is -3.39. The monoisotopic (exact) mass is 452 g/mol. The average Bonchev–Trinajstić information content (AvgIpc) is 3.11. The molecule has 0 spiro atoms. The average molecular weight is 453 g/mol. The Labute approximate surface area is 191 Å². The van der Waals surface area contributed by atoms with E-state index in [4.69, 9.17) is 0 Å². The predicted octanol–water partition coefficient (Wildman–Crippen LogP) is 4.80. The molecule has 1 unspecified atom stereocenters. The molecule has 0 radical (unpaired) electrons. The zero-order valence-corrected chi connectivity index (χ0v) is 19.0. The molecule has 33 heavy (non-hydrogen) atoms. The van der Waals surface area contributed by atoms with Crippen LogP contribution in [0, 0.1) is 11.6 Å². The molecule has 4 rings (SSSR count). The van der Waals surface area contributed by atoms with Crippen LogP contribution in [0.25, 0.3) is 11.1 Å². The third-order valence-corrected chi connectivity index (χ3v) is 5.91. The Bertz CT molecular complexity index is 1220. The number of aliphatic hydroxyl groups is 1. The zero-order chi connectivity index (χ0) is 23.9. The van der Waals surface area contributed by atoms with Gasteiger partial charge in [0, 0.05) is 41.2 Å². The van der Waals surface area contributed by atoms with Gasteiger partial charge in [0.2, 0.25) is 0 Å². The number of hydrogen-bond acceptors (Lipinski definition) is 5. The first-order valence-electron chi connectivity index (χ1n) is 10.8. The normalized spacial score (nSPS) is 14.4. The SMILES string of the molecule is CCN1Cc2c(ccnc2NC(C)c2cc(F)c(-c3ccnc(C(C)(C)O)c3)cc2F)C1=O. The lowest BCUT2D eigenvalue weighted by Crippen LogP contribution is -2.22. The molecule has 1 aliphatic heterocycles. The van der Waals surface area contributed by atoms with Gasteiger partial charge in [0.1, 0.15) is 23.1 Å². The van der Waals surface area contributed by atoms with Gasteiger partial charge >= 0.3 is 0 Å². The van der Waals surface area contributed by atoms with Crippen molar-refractivity contribution >= 4 is 11.7 Å². The van der Waals surface area contributed by atoms with Crippen molar-refractivity contribution in [1.29, 1.82) is 0 Å². The number of amides is 1. The van der Waals surface area contributed by atoms with E-state index in [0.717, 1.165) is 11.6 Å². The highest BCUT2D eigenvalue weighted by atomic mass is 19.1. The molecule has 0 saturated carbocycles. The molecule has 0 aliphatic carbocycles. The molecule has 1 aliphatic rings. The van der Waals surface area contributed by atoms with Crippen LogP contribution in [0.15, 0.2) is 42.7 Å². The van der Waals surface area contributed by atoms with Crippen molar-refractivity contribution < 1.29 is 18.7 Å². The molecule has 2 aromatic heterocycles. The summed E-state index contributed by atoms with van der Waals surface area (Å²) in [6, 6.07) is 6.52. The lowest BCUT2D eigenvalue weighted by atomic mass is 9.97. The number of nitrogens with one attached hydrogen (secondary N) is 1. The molecule has 3 aromatic rings. The smallest absolute Gasteiger partial charge is 0.254 e. The van der Waals surface area contributed by atoms with E-state index in [2.05, 4.69) is 15.3 Å². The maximum atomic E-state index is 15.1. The second-order valence-corrected chi connectivity index (χ2v) is 8.71. The summed E-state index contributed by atoms with van der Waals surface area (Å²) in [7, 11) is 0. The molecule has 1 atom stereocenters. The van der Waals surface area contributed by atoms with Gasteiger partial charge in [-0.1, -0.05) is 0 Å². The fraction of sp³-hybridized carbons (Fsp3) is 0.320. The fourth-order valence-corrected chi connectivity index (χ4v) is 4.00. The van der Waals surface area contributed by atoms with Gasteiger partial charge in [0.05, 0.1) is 18.3 Å². The van der Waals surface area contributed by atoms with Crippen LogP contribution in [0.5, 0.6) is 0 Å². The van der Waals surface area contributed by atoms with E-state index in [0.29, 0.717) is 35.7 Å². The number of carbonyl (C=O) groups excluding carboxylic acids is 1. The molecule has 1 amide bonds. The van der Waals surface area contributed by atoms with Gasteiger partial charge < -0.3 is 15.3 Å². The van der Waals surface area contributed by atoms with Crippen molar-refractivity contribution in [2.75, 3.05) is 11.9 Å².